The molecule has 8 heteroatoms. The van der Waals surface area contributed by atoms with Gasteiger partial charge in [-0.2, -0.15) is 0 Å². The first kappa shape index (κ1) is 20.1. The Hall–Kier alpha value is -2.22. The largest absolute Gasteiger partial charge is 0.480 e. The number of hydrogen-bond acceptors (Lipinski definition) is 5. The highest BCUT2D eigenvalue weighted by Crippen LogP contribution is 2.55. The van der Waals surface area contributed by atoms with Crippen LogP contribution in [0.1, 0.15) is 37.3 Å². The smallest absolute Gasteiger partial charge is 0.329 e. The van der Waals surface area contributed by atoms with Crippen LogP contribution in [-0.2, 0) is 19.9 Å². The zero-order valence-electron chi connectivity index (χ0n) is 16.2. The van der Waals surface area contributed by atoms with Crippen molar-refractivity contribution in [1.29, 1.82) is 0 Å². The van der Waals surface area contributed by atoms with E-state index in [0.717, 1.165) is 4.88 Å². The molecule has 0 spiro atoms. The van der Waals surface area contributed by atoms with Crippen LogP contribution in [0, 0.1) is 11.8 Å². The minimum absolute atomic E-state index is 0.353. The Balaban J connectivity index is 1.95. The van der Waals surface area contributed by atoms with Crippen LogP contribution in [0.4, 0.5) is 0 Å². The highest BCUT2D eigenvalue weighted by molar-refractivity contribution is 7.16. The van der Waals surface area contributed by atoms with Gasteiger partial charge in [0.2, 0.25) is 11.8 Å². The van der Waals surface area contributed by atoms with Crippen molar-refractivity contribution in [3.05, 3.63) is 57.2 Å². The number of aliphatic carboxylic acids is 1. The molecule has 1 aromatic heterocycles. The summed E-state index contributed by atoms with van der Waals surface area (Å²) in [5, 5.41) is 13.5. The lowest BCUT2D eigenvalue weighted by Gasteiger charge is -2.35. The van der Waals surface area contributed by atoms with Crippen LogP contribution in [0.3, 0.4) is 0 Å². The second-order valence-corrected chi connectivity index (χ2v) is 10.2. The lowest BCUT2D eigenvalue weighted by molar-refractivity contribution is -0.154. The van der Waals surface area contributed by atoms with Gasteiger partial charge in [-0.3, -0.25) is 19.8 Å². The van der Waals surface area contributed by atoms with Crippen LogP contribution >= 0.6 is 22.9 Å². The first-order chi connectivity index (χ1) is 13.6. The van der Waals surface area contributed by atoms with Crippen molar-refractivity contribution < 1.29 is 19.5 Å². The molecule has 0 bridgehead atoms. The normalized spacial score (nSPS) is 29.4. The van der Waals surface area contributed by atoms with E-state index < -0.39 is 40.8 Å². The number of nitrogens with one attached hydrogen (secondary N) is 1. The maximum atomic E-state index is 13.5. The van der Waals surface area contributed by atoms with E-state index in [1.807, 2.05) is 0 Å². The van der Waals surface area contributed by atoms with Crippen LogP contribution in [0.15, 0.2) is 42.5 Å². The topological polar surface area (TPSA) is 86.7 Å². The number of halogens is 1. The van der Waals surface area contributed by atoms with Crippen molar-refractivity contribution in [2.24, 2.45) is 11.8 Å². The molecule has 2 amide bonds. The summed E-state index contributed by atoms with van der Waals surface area (Å²) in [5.74, 6) is -3.88. The Morgan fingerprint density at radius 1 is 1.14 bits per heavy atom. The number of carbonyl (C=O) groups excluding carboxylic acids is 2. The van der Waals surface area contributed by atoms with Crippen molar-refractivity contribution >= 4 is 40.7 Å². The van der Waals surface area contributed by atoms with Gasteiger partial charge in [-0.1, -0.05) is 41.9 Å². The third-order valence-corrected chi connectivity index (χ3v) is 7.01. The number of carbonyl (C=O) groups is 3. The first-order valence-corrected chi connectivity index (χ1v) is 10.5. The average Bonchev–Trinajstić information content (AvgIpc) is 3.29. The van der Waals surface area contributed by atoms with Crippen LogP contribution < -0.4 is 5.32 Å². The standard InChI is InChI=1S/C21H21ClN2O4S/c1-20(2,3)24-17(25)14-15(18(24)26)21(19(27)28,11-7-5-4-6-8-11)23-16(14)12-9-10-13(22)29-12/h4-10,14-16,23H,1-3H3,(H,27,28). The van der Waals surface area contributed by atoms with Gasteiger partial charge in [-0.15, -0.1) is 11.3 Å². The van der Waals surface area contributed by atoms with Gasteiger partial charge in [0.05, 0.1) is 22.2 Å². The Kier molecular flexibility index (Phi) is 4.60. The lowest BCUT2D eigenvalue weighted by atomic mass is 9.75. The highest BCUT2D eigenvalue weighted by atomic mass is 35.5. The zero-order chi connectivity index (χ0) is 21.1. The molecule has 2 aromatic rings. The molecule has 152 valence electrons. The molecule has 2 N–H and O–H groups in total. The molecule has 3 heterocycles. The van der Waals surface area contributed by atoms with E-state index in [-0.39, 0.29) is 5.91 Å². The predicted octanol–water partition coefficient (Wildman–Crippen LogP) is 3.43. The van der Waals surface area contributed by atoms with Crippen LogP contribution in [0.5, 0.6) is 0 Å². The van der Waals surface area contributed by atoms with Gasteiger partial charge >= 0.3 is 5.97 Å². The first-order valence-electron chi connectivity index (χ1n) is 9.29. The third-order valence-electron chi connectivity index (χ3n) is 5.70. The number of rotatable bonds is 3. The third kappa shape index (κ3) is 2.83. The number of fused-ring (bicyclic) bond motifs is 1. The number of benzene rings is 1. The molecule has 2 aliphatic rings. The predicted molar refractivity (Wildman–Crippen MR) is 110 cm³/mol. The van der Waals surface area contributed by atoms with E-state index in [9.17, 15) is 19.5 Å². The van der Waals surface area contributed by atoms with Crippen LogP contribution in [0.2, 0.25) is 4.34 Å². The SMILES string of the molecule is CC(C)(C)N1C(=O)C2C(c3ccc(Cl)s3)NC(C(=O)O)(c3ccccc3)C2C1=O. The summed E-state index contributed by atoms with van der Waals surface area (Å²) < 4.78 is 0.537. The van der Waals surface area contributed by atoms with Crippen molar-refractivity contribution in [1.82, 2.24) is 10.2 Å². The molecular formula is C21H21ClN2O4S. The summed E-state index contributed by atoms with van der Waals surface area (Å²) in [5.41, 5.74) is -2.01. The van der Waals surface area contributed by atoms with Crippen molar-refractivity contribution in [2.45, 2.75) is 37.9 Å². The van der Waals surface area contributed by atoms with Gasteiger partial charge in [-0.05, 0) is 38.5 Å². The van der Waals surface area contributed by atoms with Crippen molar-refractivity contribution in [3.63, 3.8) is 0 Å². The molecule has 4 atom stereocenters. The molecule has 6 nitrogen and oxygen atoms in total. The van der Waals surface area contributed by atoms with E-state index in [1.54, 1.807) is 63.2 Å². The maximum absolute atomic E-state index is 13.5. The Labute approximate surface area is 177 Å². The van der Waals surface area contributed by atoms with E-state index in [2.05, 4.69) is 5.32 Å². The molecule has 1 aromatic carbocycles. The maximum Gasteiger partial charge on any atom is 0.329 e. The summed E-state index contributed by atoms with van der Waals surface area (Å²) in [4.78, 5) is 41.6. The summed E-state index contributed by atoms with van der Waals surface area (Å²) in [6, 6.07) is 11.5. The van der Waals surface area contributed by atoms with E-state index in [0.29, 0.717) is 9.90 Å². The number of thiophene rings is 1. The molecule has 0 aliphatic carbocycles. The Morgan fingerprint density at radius 2 is 1.79 bits per heavy atom. The zero-order valence-corrected chi connectivity index (χ0v) is 17.8. The number of amides is 2. The monoisotopic (exact) mass is 432 g/mol. The van der Waals surface area contributed by atoms with Gasteiger partial charge in [0.1, 0.15) is 0 Å². The molecule has 0 saturated carbocycles. The fraction of sp³-hybridized carbons (Fsp3) is 0.381. The molecule has 2 saturated heterocycles. The minimum Gasteiger partial charge on any atom is -0.480 e. The Morgan fingerprint density at radius 3 is 2.31 bits per heavy atom. The molecule has 2 aliphatic heterocycles. The second-order valence-electron chi connectivity index (χ2n) is 8.43. The highest BCUT2D eigenvalue weighted by Gasteiger charge is 2.70. The fourth-order valence-corrected chi connectivity index (χ4v) is 5.75. The minimum atomic E-state index is -1.71. The number of imide groups is 1. The van der Waals surface area contributed by atoms with Crippen molar-refractivity contribution in [3.8, 4) is 0 Å². The summed E-state index contributed by atoms with van der Waals surface area (Å²) in [6.07, 6.45) is 0. The average molecular weight is 433 g/mol. The summed E-state index contributed by atoms with van der Waals surface area (Å²) >= 11 is 7.39. The van der Waals surface area contributed by atoms with Gasteiger partial charge in [0.15, 0.2) is 5.54 Å². The van der Waals surface area contributed by atoms with Gasteiger partial charge in [-0.25, -0.2) is 4.79 Å². The lowest BCUT2D eigenvalue weighted by Crippen LogP contribution is -2.55. The van der Waals surface area contributed by atoms with Gasteiger partial charge in [0.25, 0.3) is 0 Å². The fourth-order valence-electron chi connectivity index (χ4n) is 4.59. The molecule has 2 fully saturated rings. The van der Waals surface area contributed by atoms with Gasteiger partial charge < -0.3 is 5.11 Å². The molecule has 0 radical (unpaired) electrons. The number of carboxylic acid groups (broad SMARTS) is 1. The van der Waals surface area contributed by atoms with E-state index >= 15 is 0 Å². The van der Waals surface area contributed by atoms with Gasteiger partial charge in [0, 0.05) is 10.4 Å². The molecular weight excluding hydrogens is 412 g/mol. The number of likely N-dealkylation sites (tertiary alicyclic amines) is 1. The summed E-state index contributed by atoms with van der Waals surface area (Å²) in [6.45, 7) is 5.33. The summed E-state index contributed by atoms with van der Waals surface area (Å²) in [7, 11) is 0. The van der Waals surface area contributed by atoms with E-state index in [1.165, 1.54) is 16.2 Å². The Bertz CT molecular complexity index is 1000. The van der Waals surface area contributed by atoms with Crippen LogP contribution in [0.25, 0.3) is 0 Å². The number of hydrogen-bond donors (Lipinski definition) is 2. The second kappa shape index (κ2) is 6.65. The van der Waals surface area contributed by atoms with Crippen molar-refractivity contribution in [2.75, 3.05) is 0 Å². The molecule has 4 unspecified atom stereocenters. The number of nitrogens with zero attached hydrogens (tertiary/aromatic N) is 1. The van der Waals surface area contributed by atoms with E-state index in [4.69, 9.17) is 11.6 Å². The van der Waals surface area contributed by atoms with Crippen LogP contribution in [-0.4, -0.2) is 33.3 Å². The quantitative estimate of drug-likeness (QED) is 0.725. The molecule has 29 heavy (non-hydrogen) atoms. The number of carboxylic acids is 1. The molecule has 4 rings (SSSR count).